The van der Waals surface area contributed by atoms with Gasteiger partial charge in [0.1, 0.15) is 5.01 Å². The van der Waals surface area contributed by atoms with E-state index in [4.69, 9.17) is 4.98 Å². The van der Waals surface area contributed by atoms with Crippen molar-refractivity contribution in [3.8, 4) is 11.3 Å². The van der Waals surface area contributed by atoms with E-state index in [2.05, 4.69) is 45.0 Å². The zero-order chi connectivity index (χ0) is 18.2. The second kappa shape index (κ2) is 11.6. The van der Waals surface area contributed by atoms with Gasteiger partial charge in [-0.3, -0.25) is 4.99 Å². The quantitative estimate of drug-likeness (QED) is 0.359. The van der Waals surface area contributed by atoms with Crippen molar-refractivity contribution in [2.45, 2.75) is 38.8 Å². The van der Waals surface area contributed by atoms with E-state index in [9.17, 15) is 0 Å². The van der Waals surface area contributed by atoms with Crippen LogP contribution in [0.2, 0.25) is 0 Å². The van der Waals surface area contributed by atoms with E-state index in [0.29, 0.717) is 12.6 Å². The summed E-state index contributed by atoms with van der Waals surface area (Å²) in [6.07, 6.45) is 3.59. The van der Waals surface area contributed by atoms with Crippen LogP contribution >= 0.6 is 35.3 Å². The number of guanidine groups is 1. The van der Waals surface area contributed by atoms with E-state index in [1.165, 1.54) is 38.9 Å². The number of thiazole rings is 1. The fourth-order valence-electron chi connectivity index (χ4n) is 3.30. The molecule has 0 bridgehead atoms. The number of nitrogens with zero attached hydrogens (tertiary/aromatic N) is 3. The first kappa shape index (κ1) is 22.1. The summed E-state index contributed by atoms with van der Waals surface area (Å²) in [5, 5.41) is 10.2. The summed E-state index contributed by atoms with van der Waals surface area (Å²) >= 11 is 1.69. The lowest BCUT2D eigenvalue weighted by atomic mass is 10.1. The van der Waals surface area contributed by atoms with Gasteiger partial charge in [0.15, 0.2) is 5.96 Å². The summed E-state index contributed by atoms with van der Waals surface area (Å²) in [6, 6.07) is 10.8. The molecule has 0 saturated carbocycles. The summed E-state index contributed by atoms with van der Waals surface area (Å²) in [7, 11) is 1.83. The van der Waals surface area contributed by atoms with Crippen molar-refractivity contribution < 1.29 is 0 Å². The second-order valence-electron chi connectivity index (χ2n) is 6.68. The maximum Gasteiger partial charge on any atom is 0.191 e. The lowest BCUT2D eigenvalue weighted by Gasteiger charge is -2.32. The highest BCUT2D eigenvalue weighted by molar-refractivity contribution is 14.0. The van der Waals surface area contributed by atoms with Crippen molar-refractivity contribution in [2.24, 2.45) is 4.99 Å². The maximum absolute atomic E-state index is 4.73. The van der Waals surface area contributed by atoms with Gasteiger partial charge in [-0.2, -0.15) is 0 Å². The monoisotopic (exact) mass is 499 g/mol. The highest BCUT2D eigenvalue weighted by Crippen LogP contribution is 2.21. The van der Waals surface area contributed by atoms with Crippen LogP contribution in [0.5, 0.6) is 0 Å². The number of likely N-dealkylation sites (tertiary alicyclic amines) is 1. The number of benzene rings is 1. The van der Waals surface area contributed by atoms with E-state index in [1.807, 2.05) is 25.2 Å². The van der Waals surface area contributed by atoms with Crippen molar-refractivity contribution in [1.29, 1.82) is 0 Å². The molecule has 2 heterocycles. The zero-order valence-electron chi connectivity index (χ0n) is 16.1. The molecule has 1 aromatic carbocycles. The molecule has 2 N–H and O–H groups in total. The third kappa shape index (κ3) is 6.73. The van der Waals surface area contributed by atoms with Crippen LogP contribution in [0.15, 0.2) is 40.7 Å². The highest BCUT2D eigenvalue weighted by atomic mass is 127. The molecule has 7 heteroatoms. The molecule has 1 aliphatic heterocycles. The number of hydrogen-bond acceptors (Lipinski definition) is 4. The normalized spacial score (nSPS) is 16.0. The largest absolute Gasteiger partial charge is 0.354 e. The number of aromatic nitrogens is 1. The molecule has 0 radical (unpaired) electrons. The molecule has 5 nitrogen and oxygen atoms in total. The molecule has 148 valence electrons. The average molecular weight is 499 g/mol. The minimum Gasteiger partial charge on any atom is -0.354 e. The van der Waals surface area contributed by atoms with Gasteiger partial charge >= 0.3 is 0 Å². The van der Waals surface area contributed by atoms with Crippen molar-refractivity contribution in [3.63, 3.8) is 0 Å². The van der Waals surface area contributed by atoms with Crippen LogP contribution in [0.1, 0.15) is 31.2 Å². The van der Waals surface area contributed by atoms with Gasteiger partial charge in [0.25, 0.3) is 0 Å². The van der Waals surface area contributed by atoms with Crippen molar-refractivity contribution in [2.75, 3.05) is 26.7 Å². The topological polar surface area (TPSA) is 52.5 Å². The molecule has 0 unspecified atom stereocenters. The highest BCUT2D eigenvalue weighted by Gasteiger charge is 2.19. The molecular weight excluding hydrogens is 469 g/mol. The predicted molar refractivity (Wildman–Crippen MR) is 126 cm³/mol. The third-order valence-corrected chi connectivity index (χ3v) is 5.57. The Morgan fingerprint density at radius 2 is 2.00 bits per heavy atom. The van der Waals surface area contributed by atoms with Crippen LogP contribution in [0, 0.1) is 0 Å². The lowest BCUT2D eigenvalue weighted by Crippen LogP contribution is -2.48. The molecule has 0 amide bonds. The van der Waals surface area contributed by atoms with Crippen LogP contribution < -0.4 is 10.6 Å². The number of halogens is 1. The summed E-state index contributed by atoms with van der Waals surface area (Å²) in [5.41, 5.74) is 2.20. The maximum atomic E-state index is 4.73. The molecule has 1 saturated heterocycles. The van der Waals surface area contributed by atoms with E-state index in [-0.39, 0.29) is 24.0 Å². The fourth-order valence-corrected chi connectivity index (χ4v) is 4.04. The number of piperidine rings is 1. The summed E-state index contributed by atoms with van der Waals surface area (Å²) < 4.78 is 0. The first-order valence-corrected chi connectivity index (χ1v) is 10.4. The second-order valence-corrected chi connectivity index (χ2v) is 7.62. The van der Waals surface area contributed by atoms with E-state index in [0.717, 1.165) is 22.2 Å². The van der Waals surface area contributed by atoms with Gasteiger partial charge in [0.05, 0.1) is 12.2 Å². The zero-order valence-corrected chi connectivity index (χ0v) is 19.3. The third-order valence-electron chi connectivity index (χ3n) is 4.72. The Labute approximate surface area is 183 Å². The lowest BCUT2D eigenvalue weighted by molar-refractivity contribution is 0.206. The smallest absolute Gasteiger partial charge is 0.191 e. The molecule has 1 fully saturated rings. The van der Waals surface area contributed by atoms with Crippen LogP contribution in [0.3, 0.4) is 0 Å². The Balaban J connectivity index is 0.00000261. The van der Waals surface area contributed by atoms with Gasteiger partial charge in [0.2, 0.25) is 0 Å². The molecule has 1 aliphatic rings. The Morgan fingerprint density at radius 1 is 1.26 bits per heavy atom. The molecule has 0 aliphatic carbocycles. The number of rotatable bonds is 6. The number of aliphatic imine (C=N–C) groups is 1. The Bertz CT molecular complexity index is 695. The first-order valence-electron chi connectivity index (χ1n) is 9.48. The predicted octanol–water partition coefficient (Wildman–Crippen LogP) is 3.97. The molecule has 3 rings (SSSR count). The fraction of sp³-hybridized carbons (Fsp3) is 0.500. The van der Waals surface area contributed by atoms with Crippen molar-refractivity contribution in [3.05, 3.63) is 40.7 Å². The SMILES string of the molecule is CCCN1CCC(NC(=NC)NCc2nc(-c3ccccc3)cs2)CC1.I. The summed E-state index contributed by atoms with van der Waals surface area (Å²) in [6.45, 7) is 6.52. The molecule has 2 aromatic rings. The van der Waals surface area contributed by atoms with Crippen LogP contribution in [0.25, 0.3) is 11.3 Å². The van der Waals surface area contributed by atoms with Crippen LogP contribution in [-0.2, 0) is 6.54 Å². The summed E-state index contributed by atoms with van der Waals surface area (Å²) in [4.78, 5) is 11.7. The molecule has 0 spiro atoms. The molecule has 0 atom stereocenters. The van der Waals surface area contributed by atoms with E-state index >= 15 is 0 Å². The van der Waals surface area contributed by atoms with Gasteiger partial charge in [0, 0.05) is 37.1 Å². The Morgan fingerprint density at radius 3 is 2.67 bits per heavy atom. The van der Waals surface area contributed by atoms with Gasteiger partial charge in [-0.15, -0.1) is 35.3 Å². The van der Waals surface area contributed by atoms with Crippen molar-refractivity contribution in [1.82, 2.24) is 20.5 Å². The van der Waals surface area contributed by atoms with Gasteiger partial charge in [-0.1, -0.05) is 37.3 Å². The van der Waals surface area contributed by atoms with E-state index < -0.39 is 0 Å². The van der Waals surface area contributed by atoms with Crippen LogP contribution in [-0.4, -0.2) is 48.6 Å². The van der Waals surface area contributed by atoms with Crippen molar-refractivity contribution >= 4 is 41.3 Å². The molecular formula is C20H30IN5S. The minimum atomic E-state index is 0. The Hall–Kier alpha value is -1.19. The molecule has 27 heavy (non-hydrogen) atoms. The van der Waals surface area contributed by atoms with E-state index in [1.54, 1.807) is 11.3 Å². The van der Waals surface area contributed by atoms with Gasteiger partial charge in [-0.25, -0.2) is 4.98 Å². The average Bonchev–Trinajstić information content (AvgIpc) is 3.16. The number of hydrogen-bond donors (Lipinski definition) is 2. The van der Waals surface area contributed by atoms with Gasteiger partial charge in [-0.05, 0) is 25.8 Å². The van der Waals surface area contributed by atoms with Crippen LogP contribution in [0.4, 0.5) is 0 Å². The minimum absolute atomic E-state index is 0. The van der Waals surface area contributed by atoms with Gasteiger partial charge < -0.3 is 15.5 Å². The number of nitrogens with one attached hydrogen (secondary N) is 2. The standard InChI is InChI=1S/C20H29N5S.HI/c1-3-11-25-12-9-17(10-13-25)23-20(21-2)22-14-19-24-18(15-26-19)16-7-5-4-6-8-16;/h4-8,15,17H,3,9-14H2,1-2H3,(H2,21,22,23);1H. The first-order chi connectivity index (χ1) is 12.8. The Kier molecular flexibility index (Phi) is 9.50. The summed E-state index contributed by atoms with van der Waals surface area (Å²) in [5.74, 6) is 0.871. The molecule has 1 aromatic heterocycles.